The maximum Gasteiger partial charge on any atom is 0.225 e. The number of methoxy groups -OCH3 is 1. The van der Waals surface area contributed by atoms with Gasteiger partial charge >= 0.3 is 0 Å². The van der Waals surface area contributed by atoms with Crippen LogP contribution >= 0.6 is 0 Å². The molecular formula is C23H38N4O3. The van der Waals surface area contributed by atoms with Crippen molar-refractivity contribution in [1.82, 2.24) is 15.5 Å². The molecule has 1 fully saturated rings. The summed E-state index contributed by atoms with van der Waals surface area (Å²) >= 11 is 0. The van der Waals surface area contributed by atoms with Gasteiger partial charge in [-0.3, -0.25) is 9.79 Å². The van der Waals surface area contributed by atoms with Gasteiger partial charge in [-0.05, 0) is 50.3 Å². The lowest BCUT2D eigenvalue weighted by Crippen LogP contribution is -2.50. The number of rotatable bonds is 9. The van der Waals surface area contributed by atoms with Crippen LogP contribution in [0.5, 0.6) is 5.75 Å². The average Bonchev–Trinajstić information content (AvgIpc) is 2.78. The number of ether oxygens (including phenoxy) is 1. The van der Waals surface area contributed by atoms with E-state index in [2.05, 4.69) is 29.5 Å². The van der Waals surface area contributed by atoms with Gasteiger partial charge in [-0.1, -0.05) is 26.0 Å². The smallest absolute Gasteiger partial charge is 0.225 e. The second-order valence-corrected chi connectivity index (χ2v) is 7.77. The minimum atomic E-state index is -0.699. The van der Waals surface area contributed by atoms with Crippen molar-refractivity contribution in [2.24, 2.45) is 10.9 Å². The molecule has 7 heteroatoms. The molecule has 0 spiro atoms. The van der Waals surface area contributed by atoms with Gasteiger partial charge in [0.05, 0.1) is 19.8 Å². The standard InChI is InChI=1S/C23H38N4O3/c1-5-17(6-2)22(29)27-13-11-19(12-14-27)26-23(24-7-3)25-16-21(28)18-9-8-10-20(15-18)30-4/h8-10,15,17,19,21,28H,5-7,11-14,16H2,1-4H3,(H2,24,25,26). The van der Waals surface area contributed by atoms with Gasteiger partial charge in [0, 0.05) is 31.6 Å². The van der Waals surface area contributed by atoms with Gasteiger partial charge in [0.1, 0.15) is 5.75 Å². The van der Waals surface area contributed by atoms with Crippen molar-refractivity contribution in [3.8, 4) is 5.75 Å². The molecule has 1 aromatic rings. The van der Waals surface area contributed by atoms with Crippen molar-refractivity contribution >= 4 is 11.9 Å². The molecule has 1 amide bonds. The highest BCUT2D eigenvalue weighted by molar-refractivity contribution is 5.80. The molecule has 168 valence electrons. The van der Waals surface area contributed by atoms with Crippen LogP contribution in [-0.2, 0) is 4.79 Å². The quantitative estimate of drug-likeness (QED) is 0.424. The molecule has 2 rings (SSSR count). The number of hydrogen-bond acceptors (Lipinski definition) is 4. The number of hydrogen-bond donors (Lipinski definition) is 3. The average molecular weight is 419 g/mol. The molecule has 1 aliphatic rings. The van der Waals surface area contributed by atoms with Gasteiger partial charge in [-0.25, -0.2) is 0 Å². The van der Waals surface area contributed by atoms with E-state index in [1.807, 2.05) is 36.1 Å². The van der Waals surface area contributed by atoms with Gasteiger partial charge in [0.2, 0.25) is 5.91 Å². The van der Waals surface area contributed by atoms with Crippen molar-refractivity contribution < 1.29 is 14.6 Å². The van der Waals surface area contributed by atoms with Crippen LogP contribution < -0.4 is 15.4 Å². The number of guanidine groups is 1. The van der Waals surface area contributed by atoms with E-state index < -0.39 is 6.10 Å². The first-order valence-corrected chi connectivity index (χ1v) is 11.2. The Morgan fingerprint density at radius 1 is 1.27 bits per heavy atom. The third-order valence-corrected chi connectivity index (χ3v) is 5.73. The second-order valence-electron chi connectivity index (χ2n) is 7.77. The maximum atomic E-state index is 12.6. The maximum absolute atomic E-state index is 12.6. The zero-order chi connectivity index (χ0) is 21.9. The molecule has 1 heterocycles. The molecule has 1 saturated heterocycles. The Morgan fingerprint density at radius 2 is 1.97 bits per heavy atom. The molecular weight excluding hydrogens is 380 g/mol. The Morgan fingerprint density at radius 3 is 2.57 bits per heavy atom. The summed E-state index contributed by atoms with van der Waals surface area (Å²) in [4.78, 5) is 19.2. The second kappa shape index (κ2) is 12.4. The Hall–Kier alpha value is -2.28. The van der Waals surface area contributed by atoms with Gasteiger partial charge in [-0.15, -0.1) is 0 Å². The summed E-state index contributed by atoms with van der Waals surface area (Å²) < 4.78 is 5.22. The summed E-state index contributed by atoms with van der Waals surface area (Å²) in [6.07, 6.45) is 2.90. The highest BCUT2D eigenvalue weighted by Gasteiger charge is 2.26. The summed E-state index contributed by atoms with van der Waals surface area (Å²) in [7, 11) is 1.61. The normalized spacial score (nSPS) is 16.5. The summed E-state index contributed by atoms with van der Waals surface area (Å²) in [5.41, 5.74) is 0.780. The van der Waals surface area contributed by atoms with Crippen molar-refractivity contribution in [2.75, 3.05) is 33.3 Å². The minimum absolute atomic E-state index is 0.145. The largest absolute Gasteiger partial charge is 0.497 e. The van der Waals surface area contributed by atoms with Crippen LogP contribution in [0.2, 0.25) is 0 Å². The zero-order valence-electron chi connectivity index (χ0n) is 18.9. The lowest BCUT2D eigenvalue weighted by atomic mass is 9.98. The first-order valence-electron chi connectivity index (χ1n) is 11.2. The first kappa shape index (κ1) is 24.0. The number of carbonyl (C=O) groups excluding carboxylic acids is 1. The molecule has 0 bridgehead atoms. The van der Waals surface area contributed by atoms with E-state index in [4.69, 9.17) is 4.74 Å². The van der Waals surface area contributed by atoms with E-state index in [-0.39, 0.29) is 18.5 Å². The third-order valence-electron chi connectivity index (χ3n) is 5.73. The molecule has 0 aliphatic carbocycles. The van der Waals surface area contributed by atoms with Crippen molar-refractivity contribution in [3.05, 3.63) is 29.8 Å². The Kier molecular flexibility index (Phi) is 9.94. The fourth-order valence-corrected chi connectivity index (χ4v) is 3.79. The molecule has 0 radical (unpaired) electrons. The fraction of sp³-hybridized carbons (Fsp3) is 0.652. The van der Waals surface area contributed by atoms with E-state index in [1.54, 1.807) is 7.11 Å². The lowest BCUT2D eigenvalue weighted by molar-refractivity contribution is -0.136. The molecule has 30 heavy (non-hydrogen) atoms. The number of benzene rings is 1. The van der Waals surface area contributed by atoms with Crippen molar-refractivity contribution in [2.45, 2.75) is 58.6 Å². The third kappa shape index (κ3) is 6.90. The summed E-state index contributed by atoms with van der Waals surface area (Å²) in [6, 6.07) is 7.68. The zero-order valence-corrected chi connectivity index (χ0v) is 18.9. The highest BCUT2D eigenvalue weighted by atomic mass is 16.5. The first-order chi connectivity index (χ1) is 14.5. The van der Waals surface area contributed by atoms with E-state index >= 15 is 0 Å². The van der Waals surface area contributed by atoms with Gasteiger partial charge in [0.15, 0.2) is 5.96 Å². The molecule has 3 N–H and O–H groups in total. The number of amides is 1. The number of aliphatic hydroxyl groups is 1. The van der Waals surface area contributed by atoms with Gasteiger partial charge in [0.25, 0.3) is 0 Å². The SMILES string of the molecule is CCNC(=NCC(O)c1cccc(OC)c1)NC1CCN(C(=O)C(CC)CC)CC1. The molecule has 1 atom stereocenters. The van der Waals surface area contributed by atoms with Crippen LogP contribution in [-0.4, -0.2) is 61.2 Å². The lowest BCUT2D eigenvalue weighted by Gasteiger charge is -2.35. The van der Waals surface area contributed by atoms with Crippen LogP contribution in [0.25, 0.3) is 0 Å². The fourth-order valence-electron chi connectivity index (χ4n) is 3.79. The number of piperidine rings is 1. The van der Waals surface area contributed by atoms with E-state index in [0.717, 1.165) is 56.6 Å². The molecule has 0 saturated carbocycles. The molecule has 1 aromatic carbocycles. The molecule has 1 aliphatic heterocycles. The molecule has 7 nitrogen and oxygen atoms in total. The van der Waals surface area contributed by atoms with E-state index in [9.17, 15) is 9.90 Å². The van der Waals surface area contributed by atoms with Crippen LogP contribution in [0.15, 0.2) is 29.3 Å². The van der Waals surface area contributed by atoms with Crippen LogP contribution in [0.4, 0.5) is 0 Å². The summed E-state index contributed by atoms with van der Waals surface area (Å²) in [6.45, 7) is 8.74. The van der Waals surface area contributed by atoms with Crippen molar-refractivity contribution in [3.63, 3.8) is 0 Å². The minimum Gasteiger partial charge on any atom is -0.497 e. The van der Waals surface area contributed by atoms with Crippen LogP contribution in [0, 0.1) is 5.92 Å². The van der Waals surface area contributed by atoms with E-state index in [1.165, 1.54) is 0 Å². The Labute approximate surface area is 180 Å². The number of likely N-dealkylation sites (tertiary alicyclic amines) is 1. The Balaban J connectivity index is 1.90. The predicted octanol–water partition coefficient (Wildman–Crippen LogP) is 2.71. The monoisotopic (exact) mass is 418 g/mol. The number of carbonyl (C=O) groups is 1. The van der Waals surface area contributed by atoms with Gasteiger partial charge in [-0.2, -0.15) is 0 Å². The predicted molar refractivity (Wildman–Crippen MR) is 121 cm³/mol. The number of aliphatic hydroxyl groups excluding tert-OH is 1. The highest BCUT2D eigenvalue weighted by Crippen LogP contribution is 2.20. The number of aliphatic imine (C=N–C) groups is 1. The topological polar surface area (TPSA) is 86.2 Å². The molecule has 0 aromatic heterocycles. The Bertz CT molecular complexity index is 683. The molecule has 1 unspecified atom stereocenters. The van der Waals surface area contributed by atoms with Crippen LogP contribution in [0.1, 0.15) is 58.1 Å². The van der Waals surface area contributed by atoms with Gasteiger partial charge < -0.3 is 25.4 Å². The van der Waals surface area contributed by atoms with Crippen LogP contribution in [0.3, 0.4) is 0 Å². The number of nitrogens with zero attached hydrogens (tertiary/aromatic N) is 2. The number of nitrogens with one attached hydrogen (secondary N) is 2. The summed E-state index contributed by atoms with van der Waals surface area (Å²) in [5, 5.41) is 17.2. The summed E-state index contributed by atoms with van der Waals surface area (Å²) in [5.74, 6) is 1.85. The van der Waals surface area contributed by atoms with Crippen molar-refractivity contribution in [1.29, 1.82) is 0 Å². The van der Waals surface area contributed by atoms with E-state index in [0.29, 0.717) is 11.9 Å².